The van der Waals surface area contributed by atoms with Gasteiger partial charge in [-0.1, -0.05) is 13.3 Å². The van der Waals surface area contributed by atoms with Gasteiger partial charge in [0.15, 0.2) is 0 Å². The minimum absolute atomic E-state index is 0.0756. The van der Waals surface area contributed by atoms with E-state index in [1.807, 2.05) is 0 Å². The molecule has 2 heteroatoms. The lowest BCUT2D eigenvalue weighted by molar-refractivity contribution is -0.0649. The van der Waals surface area contributed by atoms with Crippen molar-refractivity contribution in [2.75, 3.05) is 6.61 Å². The Hall–Kier alpha value is -0.0800. The molecule has 0 amide bonds. The normalized spacial score (nSPS) is 25.5. The van der Waals surface area contributed by atoms with E-state index in [4.69, 9.17) is 5.11 Å². The van der Waals surface area contributed by atoms with E-state index in [0.717, 1.165) is 19.3 Å². The van der Waals surface area contributed by atoms with Gasteiger partial charge in [-0.3, -0.25) is 0 Å². The SMILES string of the molecule is CCC1(C(O)CO)CCC1. The molecule has 1 rings (SSSR count). The number of hydrogen-bond acceptors (Lipinski definition) is 2. The summed E-state index contributed by atoms with van der Waals surface area (Å²) >= 11 is 0. The molecule has 0 heterocycles. The molecule has 0 saturated heterocycles. The summed E-state index contributed by atoms with van der Waals surface area (Å²) in [5.74, 6) is 0. The molecule has 0 aromatic carbocycles. The standard InChI is InChI=1S/C8H16O2/c1-2-8(4-3-5-8)7(10)6-9/h7,9-10H,2-6H2,1H3. The molecule has 2 N–H and O–H groups in total. The quantitative estimate of drug-likeness (QED) is 0.618. The average Bonchev–Trinajstić information content (AvgIpc) is 1.86. The monoisotopic (exact) mass is 144 g/mol. The van der Waals surface area contributed by atoms with Gasteiger partial charge in [0.05, 0.1) is 12.7 Å². The third-order valence-electron chi connectivity index (χ3n) is 2.93. The van der Waals surface area contributed by atoms with Crippen LogP contribution in [0, 0.1) is 5.41 Å². The molecule has 1 unspecified atom stereocenters. The minimum atomic E-state index is -0.480. The van der Waals surface area contributed by atoms with Crippen molar-refractivity contribution in [1.82, 2.24) is 0 Å². The van der Waals surface area contributed by atoms with E-state index in [2.05, 4.69) is 6.92 Å². The van der Waals surface area contributed by atoms with E-state index in [0.29, 0.717) is 0 Å². The molecule has 0 radical (unpaired) electrons. The lowest BCUT2D eigenvalue weighted by Gasteiger charge is -2.44. The zero-order valence-corrected chi connectivity index (χ0v) is 6.51. The highest BCUT2D eigenvalue weighted by molar-refractivity contribution is 4.92. The predicted molar refractivity (Wildman–Crippen MR) is 39.7 cm³/mol. The third-order valence-corrected chi connectivity index (χ3v) is 2.93. The van der Waals surface area contributed by atoms with Crippen molar-refractivity contribution in [3.8, 4) is 0 Å². The van der Waals surface area contributed by atoms with E-state index in [1.54, 1.807) is 0 Å². The van der Waals surface area contributed by atoms with Crippen LogP contribution in [0.15, 0.2) is 0 Å². The van der Waals surface area contributed by atoms with Crippen molar-refractivity contribution in [3.05, 3.63) is 0 Å². The maximum atomic E-state index is 9.38. The van der Waals surface area contributed by atoms with Crippen LogP contribution in [0.1, 0.15) is 32.6 Å². The first kappa shape index (κ1) is 8.02. The van der Waals surface area contributed by atoms with Crippen LogP contribution in [0.5, 0.6) is 0 Å². The van der Waals surface area contributed by atoms with Gasteiger partial charge in [-0.15, -0.1) is 0 Å². The number of rotatable bonds is 3. The first-order chi connectivity index (χ1) is 4.75. The summed E-state index contributed by atoms with van der Waals surface area (Å²) in [6.07, 6.45) is 3.90. The highest BCUT2D eigenvalue weighted by atomic mass is 16.3. The van der Waals surface area contributed by atoms with Gasteiger partial charge >= 0.3 is 0 Å². The van der Waals surface area contributed by atoms with Crippen molar-refractivity contribution in [2.24, 2.45) is 5.41 Å². The van der Waals surface area contributed by atoms with Crippen LogP contribution in [0.2, 0.25) is 0 Å². The predicted octanol–water partition coefficient (Wildman–Crippen LogP) is 0.920. The molecule has 0 bridgehead atoms. The number of aliphatic hydroxyl groups is 2. The number of aliphatic hydroxyl groups excluding tert-OH is 2. The van der Waals surface area contributed by atoms with Crippen molar-refractivity contribution >= 4 is 0 Å². The van der Waals surface area contributed by atoms with Crippen LogP contribution in [0.25, 0.3) is 0 Å². The largest absolute Gasteiger partial charge is 0.394 e. The van der Waals surface area contributed by atoms with Gasteiger partial charge < -0.3 is 10.2 Å². The molecule has 2 nitrogen and oxygen atoms in total. The molecule has 0 spiro atoms. The van der Waals surface area contributed by atoms with Gasteiger partial charge in [-0.25, -0.2) is 0 Å². The Morgan fingerprint density at radius 2 is 2.10 bits per heavy atom. The average molecular weight is 144 g/mol. The van der Waals surface area contributed by atoms with Crippen LogP contribution in [-0.2, 0) is 0 Å². The van der Waals surface area contributed by atoms with Crippen molar-refractivity contribution in [2.45, 2.75) is 38.7 Å². The van der Waals surface area contributed by atoms with Gasteiger partial charge in [0, 0.05) is 0 Å². The summed E-state index contributed by atoms with van der Waals surface area (Å²) in [6.45, 7) is 2.01. The first-order valence-electron chi connectivity index (χ1n) is 4.04. The second kappa shape index (κ2) is 2.89. The van der Waals surface area contributed by atoms with E-state index in [-0.39, 0.29) is 12.0 Å². The molecule has 1 aliphatic rings. The van der Waals surface area contributed by atoms with Crippen LogP contribution in [0.4, 0.5) is 0 Å². The summed E-state index contributed by atoms with van der Waals surface area (Å²) in [6, 6.07) is 0. The molecular formula is C8H16O2. The molecule has 1 atom stereocenters. The Morgan fingerprint density at radius 3 is 2.20 bits per heavy atom. The Bertz CT molecular complexity index is 102. The lowest BCUT2D eigenvalue weighted by Crippen LogP contribution is -2.42. The summed E-state index contributed by atoms with van der Waals surface area (Å²) in [7, 11) is 0. The second-order valence-electron chi connectivity index (χ2n) is 3.27. The lowest BCUT2D eigenvalue weighted by atomic mass is 9.63. The molecule has 1 fully saturated rings. The molecule has 1 saturated carbocycles. The first-order valence-corrected chi connectivity index (χ1v) is 4.04. The Morgan fingerprint density at radius 1 is 1.50 bits per heavy atom. The fourth-order valence-corrected chi connectivity index (χ4v) is 1.75. The Labute approximate surface area is 61.9 Å². The van der Waals surface area contributed by atoms with Crippen molar-refractivity contribution in [1.29, 1.82) is 0 Å². The highest BCUT2D eigenvalue weighted by Gasteiger charge is 2.41. The smallest absolute Gasteiger partial charge is 0.0826 e. The maximum absolute atomic E-state index is 9.38. The highest BCUT2D eigenvalue weighted by Crippen LogP contribution is 2.46. The van der Waals surface area contributed by atoms with Gasteiger partial charge in [-0.05, 0) is 24.7 Å². The summed E-state index contributed by atoms with van der Waals surface area (Å²) in [5.41, 5.74) is 0.0781. The van der Waals surface area contributed by atoms with E-state index in [1.165, 1.54) is 6.42 Å². The topological polar surface area (TPSA) is 40.5 Å². The van der Waals surface area contributed by atoms with E-state index >= 15 is 0 Å². The molecule has 0 aliphatic heterocycles. The second-order valence-corrected chi connectivity index (χ2v) is 3.27. The molecule has 0 aromatic rings. The van der Waals surface area contributed by atoms with Gasteiger partial charge in [0.25, 0.3) is 0 Å². The third kappa shape index (κ3) is 1.06. The maximum Gasteiger partial charge on any atom is 0.0826 e. The summed E-state index contributed by atoms with van der Waals surface area (Å²) in [5, 5.41) is 18.1. The van der Waals surface area contributed by atoms with Crippen LogP contribution >= 0.6 is 0 Å². The molecule has 60 valence electrons. The fraction of sp³-hybridized carbons (Fsp3) is 1.00. The minimum Gasteiger partial charge on any atom is -0.394 e. The zero-order valence-electron chi connectivity index (χ0n) is 6.51. The molecule has 1 aliphatic carbocycles. The fourth-order valence-electron chi connectivity index (χ4n) is 1.75. The zero-order chi connectivity index (χ0) is 7.61. The molecular weight excluding hydrogens is 128 g/mol. The van der Waals surface area contributed by atoms with E-state index in [9.17, 15) is 5.11 Å². The molecule has 0 aromatic heterocycles. The summed E-state index contributed by atoms with van der Waals surface area (Å²) < 4.78 is 0. The number of hydrogen-bond donors (Lipinski definition) is 2. The van der Waals surface area contributed by atoms with Crippen LogP contribution < -0.4 is 0 Å². The van der Waals surface area contributed by atoms with Crippen molar-refractivity contribution < 1.29 is 10.2 Å². The van der Waals surface area contributed by atoms with E-state index < -0.39 is 6.10 Å². The van der Waals surface area contributed by atoms with Crippen molar-refractivity contribution in [3.63, 3.8) is 0 Å². The summed E-state index contributed by atoms with van der Waals surface area (Å²) in [4.78, 5) is 0. The van der Waals surface area contributed by atoms with Crippen LogP contribution in [-0.4, -0.2) is 22.9 Å². The van der Waals surface area contributed by atoms with Gasteiger partial charge in [-0.2, -0.15) is 0 Å². The van der Waals surface area contributed by atoms with Gasteiger partial charge in [0.1, 0.15) is 0 Å². The van der Waals surface area contributed by atoms with Gasteiger partial charge in [0.2, 0.25) is 0 Å². The Balaban J connectivity index is 2.46. The molecule has 10 heavy (non-hydrogen) atoms. The Kier molecular flexibility index (Phi) is 2.32. The van der Waals surface area contributed by atoms with Crippen LogP contribution in [0.3, 0.4) is 0 Å².